The fourth-order valence-corrected chi connectivity index (χ4v) is 1.38. The molecule has 74 valence electrons. The van der Waals surface area contributed by atoms with Gasteiger partial charge in [0.05, 0.1) is 0 Å². The van der Waals surface area contributed by atoms with Crippen LogP contribution < -0.4 is 0 Å². The summed E-state index contributed by atoms with van der Waals surface area (Å²) in [5, 5.41) is 0. The van der Waals surface area contributed by atoms with Crippen LogP contribution in [0.2, 0.25) is 0 Å². The average Bonchev–Trinajstić information content (AvgIpc) is 2.27. The van der Waals surface area contributed by atoms with Crippen LogP contribution in [-0.2, 0) is 0 Å². The Morgan fingerprint density at radius 2 is 1.93 bits per heavy atom. The summed E-state index contributed by atoms with van der Waals surface area (Å²) >= 11 is 0. The second-order valence-electron chi connectivity index (χ2n) is 3.66. The Kier molecular flexibility index (Phi) is 3.70. The number of allylic oxidation sites excluding steroid dienone is 2. The van der Waals surface area contributed by atoms with Crippen molar-refractivity contribution >= 4 is 5.57 Å². The van der Waals surface area contributed by atoms with Gasteiger partial charge in [0.1, 0.15) is 0 Å². The van der Waals surface area contributed by atoms with Crippen LogP contribution in [0.25, 0.3) is 5.57 Å². The third-order valence-corrected chi connectivity index (χ3v) is 2.71. The molecule has 1 rings (SSSR count). The van der Waals surface area contributed by atoms with E-state index in [0.29, 0.717) is 5.92 Å². The first-order valence-electron chi connectivity index (χ1n) is 5.10. The first-order chi connectivity index (χ1) is 6.69. The van der Waals surface area contributed by atoms with Gasteiger partial charge in [-0.2, -0.15) is 0 Å². The number of rotatable bonds is 4. The van der Waals surface area contributed by atoms with E-state index >= 15 is 0 Å². The molecule has 0 aliphatic heterocycles. The lowest BCUT2D eigenvalue weighted by Crippen LogP contribution is -1.91. The van der Waals surface area contributed by atoms with Gasteiger partial charge in [-0.25, -0.2) is 0 Å². The van der Waals surface area contributed by atoms with E-state index in [0.717, 1.165) is 11.1 Å². The fraction of sp³-hybridized carbons (Fsp3) is 0.286. The Bertz CT molecular complexity index is 316. The van der Waals surface area contributed by atoms with Crippen molar-refractivity contribution in [2.45, 2.75) is 26.2 Å². The van der Waals surface area contributed by atoms with Crippen LogP contribution in [-0.4, -0.2) is 0 Å². The number of benzene rings is 1. The van der Waals surface area contributed by atoms with Crippen molar-refractivity contribution in [2.75, 3.05) is 0 Å². The molecule has 0 bridgehead atoms. The highest BCUT2D eigenvalue weighted by molar-refractivity contribution is 5.71. The Hall–Kier alpha value is -1.30. The predicted molar refractivity (Wildman–Crippen MR) is 64.4 cm³/mol. The standard InChI is InChI=1S/C14H18/c1-5-11(3)13-7-9-14(10-8-13)12(4)6-2/h5,7-10,12H,1,3,6H2,2,4H3. The lowest BCUT2D eigenvalue weighted by Gasteiger charge is -2.09. The third kappa shape index (κ3) is 2.35. The predicted octanol–water partition coefficient (Wildman–Crippen LogP) is 4.40. The fourth-order valence-electron chi connectivity index (χ4n) is 1.38. The minimum Gasteiger partial charge on any atom is -0.0985 e. The van der Waals surface area contributed by atoms with Crippen molar-refractivity contribution in [1.29, 1.82) is 0 Å². The zero-order valence-electron chi connectivity index (χ0n) is 9.09. The molecule has 0 radical (unpaired) electrons. The molecule has 0 aromatic heterocycles. The van der Waals surface area contributed by atoms with Crippen LogP contribution in [0.4, 0.5) is 0 Å². The Morgan fingerprint density at radius 1 is 1.36 bits per heavy atom. The van der Waals surface area contributed by atoms with Gasteiger partial charge in [0.25, 0.3) is 0 Å². The molecule has 0 fully saturated rings. The van der Waals surface area contributed by atoms with Crippen molar-refractivity contribution in [3.63, 3.8) is 0 Å². The molecule has 0 amide bonds. The van der Waals surface area contributed by atoms with Gasteiger partial charge >= 0.3 is 0 Å². The van der Waals surface area contributed by atoms with E-state index in [1.165, 1.54) is 12.0 Å². The average molecular weight is 186 g/mol. The van der Waals surface area contributed by atoms with Crippen LogP contribution in [0, 0.1) is 0 Å². The highest BCUT2D eigenvalue weighted by Crippen LogP contribution is 2.21. The van der Waals surface area contributed by atoms with Crippen molar-refractivity contribution in [2.24, 2.45) is 0 Å². The second kappa shape index (κ2) is 4.80. The monoisotopic (exact) mass is 186 g/mol. The first-order valence-corrected chi connectivity index (χ1v) is 5.10. The molecule has 1 aromatic rings. The van der Waals surface area contributed by atoms with Crippen LogP contribution in [0.5, 0.6) is 0 Å². The SMILES string of the molecule is C=CC(=C)c1ccc(C(C)CC)cc1. The van der Waals surface area contributed by atoms with E-state index in [1.807, 2.05) is 0 Å². The van der Waals surface area contributed by atoms with Gasteiger partial charge in [0, 0.05) is 0 Å². The number of hydrogen-bond donors (Lipinski definition) is 0. The largest absolute Gasteiger partial charge is 0.0985 e. The lowest BCUT2D eigenvalue weighted by atomic mass is 9.96. The van der Waals surface area contributed by atoms with Gasteiger partial charge < -0.3 is 0 Å². The van der Waals surface area contributed by atoms with E-state index in [1.54, 1.807) is 6.08 Å². The quantitative estimate of drug-likeness (QED) is 0.611. The van der Waals surface area contributed by atoms with E-state index in [9.17, 15) is 0 Å². The zero-order valence-corrected chi connectivity index (χ0v) is 9.09. The van der Waals surface area contributed by atoms with Crippen LogP contribution >= 0.6 is 0 Å². The second-order valence-corrected chi connectivity index (χ2v) is 3.66. The van der Waals surface area contributed by atoms with E-state index in [2.05, 4.69) is 51.3 Å². The van der Waals surface area contributed by atoms with Crippen molar-refractivity contribution in [3.05, 3.63) is 54.6 Å². The Labute approximate surface area is 87.0 Å². The molecule has 0 spiro atoms. The molecule has 0 heteroatoms. The van der Waals surface area contributed by atoms with Crippen LogP contribution in [0.15, 0.2) is 43.5 Å². The van der Waals surface area contributed by atoms with Crippen molar-refractivity contribution in [1.82, 2.24) is 0 Å². The Morgan fingerprint density at radius 3 is 2.36 bits per heavy atom. The maximum atomic E-state index is 3.92. The summed E-state index contributed by atoms with van der Waals surface area (Å²) in [5.74, 6) is 0.640. The summed E-state index contributed by atoms with van der Waals surface area (Å²) in [4.78, 5) is 0. The highest BCUT2D eigenvalue weighted by Gasteiger charge is 2.02. The van der Waals surface area contributed by atoms with Crippen molar-refractivity contribution in [3.8, 4) is 0 Å². The molecule has 0 N–H and O–H groups in total. The molecule has 0 nitrogen and oxygen atoms in total. The molecular formula is C14H18. The van der Waals surface area contributed by atoms with E-state index < -0.39 is 0 Å². The molecular weight excluding hydrogens is 168 g/mol. The Balaban J connectivity index is 2.88. The zero-order chi connectivity index (χ0) is 10.6. The minimum absolute atomic E-state index is 0.640. The maximum absolute atomic E-state index is 3.92. The normalized spacial score (nSPS) is 12.1. The number of hydrogen-bond acceptors (Lipinski definition) is 0. The van der Waals surface area contributed by atoms with Gasteiger partial charge in [0.2, 0.25) is 0 Å². The molecule has 1 atom stereocenters. The molecule has 0 aliphatic carbocycles. The minimum atomic E-state index is 0.640. The summed E-state index contributed by atoms with van der Waals surface area (Å²) in [7, 11) is 0. The van der Waals surface area contributed by atoms with E-state index in [4.69, 9.17) is 0 Å². The molecule has 1 aromatic carbocycles. The van der Waals surface area contributed by atoms with Gasteiger partial charge in [-0.15, -0.1) is 0 Å². The molecule has 0 aliphatic rings. The summed E-state index contributed by atoms with van der Waals surface area (Å²) in [5.41, 5.74) is 3.54. The van der Waals surface area contributed by atoms with Gasteiger partial charge in [-0.3, -0.25) is 0 Å². The van der Waals surface area contributed by atoms with Crippen molar-refractivity contribution < 1.29 is 0 Å². The van der Waals surface area contributed by atoms with Crippen LogP contribution in [0.3, 0.4) is 0 Å². The summed E-state index contributed by atoms with van der Waals surface area (Å²) in [6.07, 6.45) is 2.97. The molecule has 1 unspecified atom stereocenters. The molecule has 0 saturated heterocycles. The highest BCUT2D eigenvalue weighted by atomic mass is 14.1. The maximum Gasteiger partial charge on any atom is -0.0190 e. The lowest BCUT2D eigenvalue weighted by molar-refractivity contribution is 0.733. The summed E-state index contributed by atoms with van der Waals surface area (Å²) in [6.45, 7) is 12.1. The smallest absolute Gasteiger partial charge is 0.0190 e. The summed E-state index contributed by atoms with van der Waals surface area (Å²) < 4.78 is 0. The van der Waals surface area contributed by atoms with Gasteiger partial charge in [-0.1, -0.05) is 57.3 Å². The topological polar surface area (TPSA) is 0 Å². The molecule has 14 heavy (non-hydrogen) atoms. The van der Waals surface area contributed by atoms with Crippen LogP contribution in [0.1, 0.15) is 37.3 Å². The third-order valence-electron chi connectivity index (χ3n) is 2.71. The first kappa shape index (κ1) is 10.8. The molecule has 0 heterocycles. The van der Waals surface area contributed by atoms with E-state index in [-0.39, 0.29) is 0 Å². The molecule has 0 saturated carbocycles. The van der Waals surface area contributed by atoms with Gasteiger partial charge in [0.15, 0.2) is 0 Å². The van der Waals surface area contributed by atoms with Gasteiger partial charge in [-0.05, 0) is 29.0 Å². The summed E-state index contributed by atoms with van der Waals surface area (Å²) in [6, 6.07) is 8.59.